The number of imidazole rings is 1. The minimum atomic E-state index is 0.600. The third kappa shape index (κ3) is 1.69. The Balaban J connectivity index is 1.97. The number of fused-ring (bicyclic) bond motifs is 1. The standard InChI is InChI=1S/C12H16N4/c1-8-14-11-3-2-10(16-12(11)15-8)9-4-6-13-7-5-9/h2-3,9,13H,4-7H2,1H3,(H,14,15,16). The smallest absolute Gasteiger partial charge is 0.177 e. The minimum absolute atomic E-state index is 0.600. The molecule has 3 rings (SSSR count). The van der Waals surface area contributed by atoms with E-state index in [2.05, 4.69) is 32.4 Å². The molecule has 4 heteroatoms. The van der Waals surface area contributed by atoms with E-state index in [9.17, 15) is 0 Å². The summed E-state index contributed by atoms with van der Waals surface area (Å²) in [6.45, 7) is 4.17. The second-order valence-electron chi connectivity index (χ2n) is 4.45. The van der Waals surface area contributed by atoms with Crippen LogP contribution in [0.2, 0.25) is 0 Å². The zero-order valence-electron chi connectivity index (χ0n) is 9.45. The molecule has 1 fully saturated rings. The third-order valence-corrected chi connectivity index (χ3v) is 3.24. The van der Waals surface area contributed by atoms with Crippen LogP contribution in [-0.2, 0) is 0 Å². The highest BCUT2D eigenvalue weighted by atomic mass is 15.0. The average Bonchev–Trinajstić information content (AvgIpc) is 2.69. The van der Waals surface area contributed by atoms with Crippen LogP contribution in [0.15, 0.2) is 12.1 Å². The Morgan fingerprint density at radius 2 is 2.00 bits per heavy atom. The van der Waals surface area contributed by atoms with Crippen LogP contribution in [0.3, 0.4) is 0 Å². The monoisotopic (exact) mass is 216 g/mol. The molecule has 84 valence electrons. The molecule has 0 saturated carbocycles. The van der Waals surface area contributed by atoms with Gasteiger partial charge in [0.25, 0.3) is 0 Å². The van der Waals surface area contributed by atoms with Crippen LogP contribution in [-0.4, -0.2) is 28.0 Å². The van der Waals surface area contributed by atoms with Crippen molar-refractivity contribution in [3.8, 4) is 0 Å². The fraction of sp³-hybridized carbons (Fsp3) is 0.500. The Kier molecular flexibility index (Phi) is 2.36. The third-order valence-electron chi connectivity index (χ3n) is 3.24. The molecule has 0 amide bonds. The van der Waals surface area contributed by atoms with E-state index in [1.807, 2.05) is 6.92 Å². The molecule has 1 saturated heterocycles. The van der Waals surface area contributed by atoms with Crippen LogP contribution in [0, 0.1) is 6.92 Å². The molecule has 2 aromatic rings. The normalized spacial score (nSPS) is 18.1. The molecule has 0 unspecified atom stereocenters. The van der Waals surface area contributed by atoms with Gasteiger partial charge in [-0.15, -0.1) is 0 Å². The first-order chi connectivity index (χ1) is 7.83. The number of nitrogens with one attached hydrogen (secondary N) is 2. The summed E-state index contributed by atoms with van der Waals surface area (Å²) in [6.07, 6.45) is 2.36. The molecule has 16 heavy (non-hydrogen) atoms. The summed E-state index contributed by atoms with van der Waals surface area (Å²) in [5, 5.41) is 3.38. The molecule has 1 aliphatic rings. The molecule has 0 spiro atoms. The molecule has 0 bridgehead atoms. The van der Waals surface area contributed by atoms with Gasteiger partial charge in [0.05, 0.1) is 5.52 Å². The number of pyridine rings is 1. The number of aryl methyl sites for hydroxylation is 1. The first kappa shape index (κ1) is 9.78. The maximum atomic E-state index is 4.65. The van der Waals surface area contributed by atoms with Crippen molar-refractivity contribution >= 4 is 11.2 Å². The van der Waals surface area contributed by atoms with Gasteiger partial charge in [0.1, 0.15) is 5.82 Å². The molecule has 2 N–H and O–H groups in total. The van der Waals surface area contributed by atoms with Gasteiger partial charge in [0.2, 0.25) is 0 Å². The number of aromatic amines is 1. The van der Waals surface area contributed by atoms with Crippen molar-refractivity contribution in [3.63, 3.8) is 0 Å². The second-order valence-corrected chi connectivity index (χ2v) is 4.45. The molecule has 0 atom stereocenters. The van der Waals surface area contributed by atoms with Gasteiger partial charge < -0.3 is 10.3 Å². The number of nitrogens with zero attached hydrogens (tertiary/aromatic N) is 2. The SMILES string of the molecule is Cc1nc2nc(C3CCNCC3)ccc2[nH]1. The van der Waals surface area contributed by atoms with Crippen molar-refractivity contribution in [3.05, 3.63) is 23.7 Å². The number of aromatic nitrogens is 3. The molecule has 0 radical (unpaired) electrons. The molecule has 4 nitrogen and oxygen atoms in total. The van der Waals surface area contributed by atoms with E-state index in [4.69, 9.17) is 0 Å². The first-order valence-corrected chi connectivity index (χ1v) is 5.87. The van der Waals surface area contributed by atoms with Gasteiger partial charge in [0.15, 0.2) is 5.65 Å². The topological polar surface area (TPSA) is 53.6 Å². The summed E-state index contributed by atoms with van der Waals surface area (Å²) in [6, 6.07) is 4.23. The highest BCUT2D eigenvalue weighted by Gasteiger charge is 2.17. The number of H-pyrrole nitrogens is 1. The summed E-state index contributed by atoms with van der Waals surface area (Å²) in [5.41, 5.74) is 3.09. The fourth-order valence-electron chi connectivity index (χ4n) is 2.37. The lowest BCUT2D eigenvalue weighted by atomic mass is 9.94. The average molecular weight is 216 g/mol. The van der Waals surface area contributed by atoms with Gasteiger partial charge in [-0.25, -0.2) is 9.97 Å². The van der Waals surface area contributed by atoms with Crippen LogP contribution in [0.5, 0.6) is 0 Å². The predicted octanol–water partition coefficient (Wildman–Crippen LogP) is 1.73. The van der Waals surface area contributed by atoms with Gasteiger partial charge in [-0.2, -0.15) is 0 Å². The van der Waals surface area contributed by atoms with E-state index >= 15 is 0 Å². The molecule has 0 aromatic carbocycles. The van der Waals surface area contributed by atoms with E-state index in [0.29, 0.717) is 5.92 Å². The van der Waals surface area contributed by atoms with E-state index in [1.165, 1.54) is 18.5 Å². The van der Waals surface area contributed by atoms with Crippen molar-refractivity contribution in [2.45, 2.75) is 25.7 Å². The van der Waals surface area contributed by atoms with Crippen molar-refractivity contribution in [2.24, 2.45) is 0 Å². The Morgan fingerprint density at radius 3 is 2.81 bits per heavy atom. The maximum Gasteiger partial charge on any atom is 0.177 e. The van der Waals surface area contributed by atoms with Gasteiger partial charge in [-0.1, -0.05) is 0 Å². The Morgan fingerprint density at radius 1 is 1.19 bits per heavy atom. The summed E-state index contributed by atoms with van der Waals surface area (Å²) >= 11 is 0. The van der Waals surface area contributed by atoms with Gasteiger partial charge in [-0.05, 0) is 45.0 Å². The number of hydrogen-bond acceptors (Lipinski definition) is 3. The molecule has 0 aliphatic carbocycles. The van der Waals surface area contributed by atoms with Crippen LogP contribution < -0.4 is 5.32 Å². The summed E-state index contributed by atoms with van der Waals surface area (Å²) in [7, 11) is 0. The van der Waals surface area contributed by atoms with E-state index in [1.54, 1.807) is 0 Å². The van der Waals surface area contributed by atoms with Crippen LogP contribution >= 0.6 is 0 Å². The van der Waals surface area contributed by atoms with Crippen molar-refractivity contribution in [2.75, 3.05) is 13.1 Å². The highest BCUT2D eigenvalue weighted by molar-refractivity contribution is 5.70. The largest absolute Gasteiger partial charge is 0.341 e. The summed E-state index contributed by atoms with van der Waals surface area (Å²) < 4.78 is 0. The van der Waals surface area contributed by atoms with Crippen LogP contribution in [0.1, 0.15) is 30.3 Å². The lowest BCUT2D eigenvalue weighted by molar-refractivity contribution is 0.454. The molecular formula is C12H16N4. The zero-order chi connectivity index (χ0) is 11.0. The Labute approximate surface area is 94.5 Å². The highest BCUT2D eigenvalue weighted by Crippen LogP contribution is 2.24. The van der Waals surface area contributed by atoms with Crippen LogP contribution in [0.25, 0.3) is 11.2 Å². The molecular weight excluding hydrogens is 200 g/mol. The summed E-state index contributed by atoms with van der Waals surface area (Å²) in [4.78, 5) is 12.2. The second kappa shape index (κ2) is 3.87. The van der Waals surface area contributed by atoms with E-state index in [0.717, 1.165) is 30.1 Å². The lowest BCUT2D eigenvalue weighted by Gasteiger charge is -2.21. The van der Waals surface area contributed by atoms with E-state index < -0.39 is 0 Å². The quantitative estimate of drug-likeness (QED) is 0.763. The molecule has 2 aromatic heterocycles. The van der Waals surface area contributed by atoms with E-state index in [-0.39, 0.29) is 0 Å². The summed E-state index contributed by atoms with van der Waals surface area (Å²) in [5.74, 6) is 1.53. The van der Waals surface area contributed by atoms with Crippen molar-refractivity contribution in [1.82, 2.24) is 20.3 Å². The van der Waals surface area contributed by atoms with Gasteiger partial charge in [0, 0.05) is 11.6 Å². The Bertz CT molecular complexity index is 497. The van der Waals surface area contributed by atoms with Crippen LogP contribution in [0.4, 0.5) is 0 Å². The first-order valence-electron chi connectivity index (χ1n) is 5.87. The molecule has 3 heterocycles. The number of hydrogen-bond donors (Lipinski definition) is 2. The number of piperidine rings is 1. The number of rotatable bonds is 1. The molecule has 1 aliphatic heterocycles. The van der Waals surface area contributed by atoms with Crippen molar-refractivity contribution < 1.29 is 0 Å². The zero-order valence-corrected chi connectivity index (χ0v) is 9.45. The van der Waals surface area contributed by atoms with Gasteiger partial charge in [-0.3, -0.25) is 0 Å². The van der Waals surface area contributed by atoms with Crippen molar-refractivity contribution in [1.29, 1.82) is 0 Å². The predicted molar refractivity (Wildman–Crippen MR) is 63.5 cm³/mol. The Hall–Kier alpha value is -1.42. The lowest BCUT2D eigenvalue weighted by Crippen LogP contribution is -2.27. The van der Waals surface area contributed by atoms with Gasteiger partial charge >= 0.3 is 0 Å². The minimum Gasteiger partial charge on any atom is -0.341 e. The maximum absolute atomic E-state index is 4.65. The fourth-order valence-corrected chi connectivity index (χ4v) is 2.37.